The molecule has 0 aromatic carbocycles. The first-order valence-corrected chi connectivity index (χ1v) is 6.74. The van der Waals surface area contributed by atoms with Crippen molar-refractivity contribution in [2.75, 3.05) is 14.1 Å². The zero-order valence-electron chi connectivity index (χ0n) is 12.2. The number of aliphatic carboxylic acids is 1. The first-order chi connectivity index (χ1) is 9.31. The minimum absolute atomic E-state index is 0.0528. The number of carbonyl (C=O) groups excluding carboxylic acids is 2. The Kier molecular flexibility index (Phi) is 5.73. The third kappa shape index (κ3) is 4.68. The molecule has 6 heteroatoms. The van der Waals surface area contributed by atoms with Crippen LogP contribution < -0.4 is 5.32 Å². The summed E-state index contributed by atoms with van der Waals surface area (Å²) in [7, 11) is 3.49. The van der Waals surface area contributed by atoms with Crippen LogP contribution in [0.15, 0.2) is 11.8 Å². The number of rotatable bonds is 5. The lowest BCUT2D eigenvalue weighted by Crippen LogP contribution is -2.40. The number of hydrogen-bond acceptors (Lipinski definition) is 4. The number of nitrogens with zero attached hydrogens (tertiary/aromatic N) is 1. The van der Waals surface area contributed by atoms with E-state index in [1.165, 1.54) is 13.1 Å². The molecule has 0 bridgehead atoms. The molecule has 20 heavy (non-hydrogen) atoms. The van der Waals surface area contributed by atoms with Crippen LogP contribution in [0.25, 0.3) is 0 Å². The van der Waals surface area contributed by atoms with Gasteiger partial charge in [0.1, 0.15) is 0 Å². The van der Waals surface area contributed by atoms with Crippen LogP contribution in [-0.4, -0.2) is 47.8 Å². The highest BCUT2D eigenvalue weighted by Gasteiger charge is 2.27. The van der Waals surface area contributed by atoms with E-state index in [1.54, 1.807) is 19.0 Å². The molecule has 0 heterocycles. The molecule has 0 spiro atoms. The molecular weight excluding hydrogens is 260 g/mol. The number of ketones is 1. The monoisotopic (exact) mass is 282 g/mol. The standard InChI is InChI=1S/C14H22N2O4/c1-9(17)12(8-16(2)3)13(18)15-11-6-4-10(5-7-11)14(19)20/h8,10-11H,4-7H2,1-3H3,(H,15,18)(H,19,20)/b12-8+. The lowest BCUT2D eigenvalue weighted by atomic mass is 9.86. The molecule has 6 nitrogen and oxygen atoms in total. The van der Waals surface area contributed by atoms with Crippen LogP contribution in [0.5, 0.6) is 0 Å². The van der Waals surface area contributed by atoms with E-state index in [1.807, 2.05) is 0 Å². The number of Topliss-reactive ketones (excluding diaryl/α,β-unsaturated/α-hetero) is 1. The molecule has 0 aromatic rings. The molecule has 0 saturated heterocycles. The molecule has 0 atom stereocenters. The smallest absolute Gasteiger partial charge is 0.306 e. The SMILES string of the molecule is CC(=O)/C(=C\N(C)C)C(=O)NC1CCC(C(=O)O)CC1. The maximum Gasteiger partial charge on any atom is 0.306 e. The Morgan fingerprint density at radius 3 is 2.10 bits per heavy atom. The predicted octanol–water partition coefficient (Wildman–Crippen LogP) is 0.780. The summed E-state index contributed by atoms with van der Waals surface area (Å²) in [5.41, 5.74) is 0.121. The summed E-state index contributed by atoms with van der Waals surface area (Å²) in [6.45, 7) is 1.36. The van der Waals surface area contributed by atoms with Gasteiger partial charge in [0, 0.05) is 26.3 Å². The zero-order valence-corrected chi connectivity index (χ0v) is 12.2. The van der Waals surface area contributed by atoms with Crippen molar-refractivity contribution in [3.05, 3.63) is 11.8 Å². The molecule has 1 aliphatic carbocycles. The van der Waals surface area contributed by atoms with Gasteiger partial charge in [-0.2, -0.15) is 0 Å². The van der Waals surface area contributed by atoms with Gasteiger partial charge < -0.3 is 15.3 Å². The highest BCUT2D eigenvalue weighted by Crippen LogP contribution is 2.24. The van der Waals surface area contributed by atoms with Crippen molar-refractivity contribution < 1.29 is 19.5 Å². The van der Waals surface area contributed by atoms with Crippen LogP contribution in [-0.2, 0) is 14.4 Å². The van der Waals surface area contributed by atoms with Gasteiger partial charge in [-0.1, -0.05) is 0 Å². The van der Waals surface area contributed by atoms with E-state index in [0.717, 1.165) is 0 Å². The van der Waals surface area contributed by atoms with Crippen LogP contribution in [0.3, 0.4) is 0 Å². The lowest BCUT2D eigenvalue weighted by Gasteiger charge is -2.27. The minimum Gasteiger partial charge on any atom is -0.481 e. The van der Waals surface area contributed by atoms with Gasteiger partial charge in [0.2, 0.25) is 0 Å². The second kappa shape index (κ2) is 7.07. The third-order valence-corrected chi connectivity index (χ3v) is 3.42. The van der Waals surface area contributed by atoms with Crippen molar-refractivity contribution in [1.82, 2.24) is 10.2 Å². The maximum atomic E-state index is 12.1. The number of nitrogens with one attached hydrogen (secondary N) is 1. The Morgan fingerprint density at radius 2 is 1.70 bits per heavy atom. The first kappa shape index (κ1) is 16.2. The average molecular weight is 282 g/mol. The number of carbonyl (C=O) groups is 3. The van der Waals surface area contributed by atoms with Gasteiger partial charge in [0.05, 0.1) is 11.5 Å². The van der Waals surface area contributed by atoms with E-state index in [-0.39, 0.29) is 29.2 Å². The van der Waals surface area contributed by atoms with E-state index in [2.05, 4.69) is 5.32 Å². The molecule has 1 fully saturated rings. The summed E-state index contributed by atoms with van der Waals surface area (Å²) in [6, 6.07) is -0.0528. The van der Waals surface area contributed by atoms with E-state index in [9.17, 15) is 14.4 Å². The highest BCUT2D eigenvalue weighted by molar-refractivity contribution is 6.18. The van der Waals surface area contributed by atoms with Crippen LogP contribution in [0.4, 0.5) is 0 Å². The number of amides is 1. The van der Waals surface area contributed by atoms with Gasteiger partial charge in [-0.3, -0.25) is 14.4 Å². The topological polar surface area (TPSA) is 86.7 Å². The average Bonchev–Trinajstić information content (AvgIpc) is 2.35. The van der Waals surface area contributed by atoms with Crippen molar-refractivity contribution in [2.45, 2.75) is 38.6 Å². The largest absolute Gasteiger partial charge is 0.481 e. The second-order valence-corrected chi connectivity index (χ2v) is 5.42. The third-order valence-electron chi connectivity index (χ3n) is 3.42. The van der Waals surface area contributed by atoms with Gasteiger partial charge in [0.15, 0.2) is 5.78 Å². The molecule has 0 unspecified atom stereocenters. The van der Waals surface area contributed by atoms with Gasteiger partial charge in [-0.05, 0) is 32.6 Å². The second-order valence-electron chi connectivity index (χ2n) is 5.42. The summed E-state index contributed by atoms with van der Waals surface area (Å²) in [5, 5.41) is 11.7. The normalized spacial score (nSPS) is 23.1. The van der Waals surface area contributed by atoms with Gasteiger partial charge >= 0.3 is 5.97 Å². The Balaban J connectivity index is 2.58. The zero-order chi connectivity index (χ0) is 15.3. The molecule has 1 saturated carbocycles. The fourth-order valence-corrected chi connectivity index (χ4v) is 2.32. The summed E-state index contributed by atoms with van der Waals surface area (Å²) < 4.78 is 0. The van der Waals surface area contributed by atoms with Crippen LogP contribution >= 0.6 is 0 Å². The minimum atomic E-state index is -0.772. The number of hydrogen-bond donors (Lipinski definition) is 2. The van der Waals surface area contributed by atoms with Gasteiger partial charge in [0.25, 0.3) is 5.91 Å². The summed E-state index contributed by atoms with van der Waals surface area (Å²) >= 11 is 0. The van der Waals surface area contributed by atoms with Crippen LogP contribution in [0.1, 0.15) is 32.6 Å². The van der Waals surface area contributed by atoms with Gasteiger partial charge in [-0.25, -0.2) is 0 Å². The summed E-state index contributed by atoms with van der Waals surface area (Å²) in [5.74, 6) is -1.75. The highest BCUT2D eigenvalue weighted by atomic mass is 16.4. The Morgan fingerprint density at radius 1 is 1.15 bits per heavy atom. The molecular formula is C14H22N2O4. The summed E-state index contributed by atoms with van der Waals surface area (Å²) in [6.07, 6.45) is 3.90. The van der Waals surface area contributed by atoms with Crippen LogP contribution in [0, 0.1) is 5.92 Å². The van der Waals surface area contributed by atoms with E-state index < -0.39 is 5.97 Å². The number of carboxylic acid groups (broad SMARTS) is 1. The van der Waals surface area contributed by atoms with E-state index >= 15 is 0 Å². The molecule has 1 aliphatic rings. The van der Waals surface area contributed by atoms with E-state index in [0.29, 0.717) is 25.7 Å². The fraction of sp³-hybridized carbons (Fsp3) is 0.643. The molecule has 0 aromatic heterocycles. The van der Waals surface area contributed by atoms with E-state index in [4.69, 9.17) is 5.11 Å². The Bertz CT molecular complexity index is 421. The van der Waals surface area contributed by atoms with Crippen LogP contribution in [0.2, 0.25) is 0 Å². The van der Waals surface area contributed by atoms with Crippen molar-refractivity contribution in [3.63, 3.8) is 0 Å². The van der Waals surface area contributed by atoms with Crippen molar-refractivity contribution >= 4 is 17.7 Å². The molecule has 1 rings (SSSR count). The molecule has 112 valence electrons. The van der Waals surface area contributed by atoms with Crippen molar-refractivity contribution in [1.29, 1.82) is 0 Å². The maximum absolute atomic E-state index is 12.1. The van der Waals surface area contributed by atoms with Gasteiger partial charge in [-0.15, -0.1) is 0 Å². The molecule has 0 aliphatic heterocycles. The predicted molar refractivity (Wildman–Crippen MR) is 74.0 cm³/mol. The lowest BCUT2D eigenvalue weighted by molar-refractivity contribution is -0.142. The Hall–Kier alpha value is -1.85. The molecule has 0 radical (unpaired) electrons. The Labute approximate surface area is 118 Å². The van der Waals surface area contributed by atoms with Crippen molar-refractivity contribution in [3.8, 4) is 0 Å². The molecule has 1 amide bonds. The fourth-order valence-electron chi connectivity index (χ4n) is 2.32. The molecule has 2 N–H and O–H groups in total. The summed E-state index contributed by atoms with van der Waals surface area (Å²) in [4.78, 5) is 36.0. The van der Waals surface area contributed by atoms with Crippen molar-refractivity contribution in [2.24, 2.45) is 5.92 Å². The quantitative estimate of drug-likeness (QED) is 0.442. The first-order valence-electron chi connectivity index (χ1n) is 6.74. The number of carboxylic acids is 1.